The summed E-state index contributed by atoms with van der Waals surface area (Å²) in [6.45, 7) is 0.431. The van der Waals surface area contributed by atoms with Gasteiger partial charge >= 0.3 is 0 Å². The van der Waals surface area contributed by atoms with E-state index in [0.29, 0.717) is 25.2 Å². The van der Waals surface area contributed by atoms with Crippen LogP contribution in [0.2, 0.25) is 0 Å². The number of pyridine rings is 1. The normalized spacial score (nSPS) is 10.7. The summed E-state index contributed by atoms with van der Waals surface area (Å²) in [4.78, 5) is 16.4. The van der Waals surface area contributed by atoms with E-state index in [4.69, 9.17) is 9.26 Å². The molecular formula is C25H22N2O3. The van der Waals surface area contributed by atoms with Crippen LogP contribution in [0, 0.1) is 0 Å². The molecule has 0 aliphatic heterocycles. The summed E-state index contributed by atoms with van der Waals surface area (Å²) < 4.78 is 11.2. The number of aromatic nitrogens is 2. The fourth-order valence-electron chi connectivity index (χ4n) is 3.21. The molecule has 4 aromatic rings. The van der Waals surface area contributed by atoms with Crippen molar-refractivity contribution in [3.63, 3.8) is 0 Å². The van der Waals surface area contributed by atoms with Gasteiger partial charge in [-0.3, -0.25) is 9.78 Å². The Hall–Kier alpha value is -3.73. The van der Waals surface area contributed by atoms with Crippen LogP contribution in [0.1, 0.15) is 23.1 Å². The Morgan fingerprint density at radius 3 is 2.47 bits per heavy atom. The minimum atomic E-state index is 0.226. The Balaban J connectivity index is 1.31. The molecule has 4 rings (SSSR count). The standard InChI is InChI=1S/C25H22N2O3/c28-22(12-11-20-4-3-14-26-17-20)16-19-7-9-21(10-8-19)18-29-24-6-2-1-5-23(24)25-13-15-27-30-25/h1-10,13-15,17H,11-12,16,18H2. The number of carbonyl (C=O) groups excluding carboxylic acids is 1. The summed E-state index contributed by atoms with van der Waals surface area (Å²) in [5, 5.41) is 3.76. The van der Waals surface area contributed by atoms with Crippen LogP contribution >= 0.6 is 0 Å². The van der Waals surface area contributed by atoms with Gasteiger partial charge in [-0.15, -0.1) is 0 Å². The first kappa shape index (κ1) is 19.6. The van der Waals surface area contributed by atoms with Crippen molar-refractivity contribution in [1.82, 2.24) is 10.1 Å². The summed E-state index contributed by atoms with van der Waals surface area (Å²) in [7, 11) is 0. The van der Waals surface area contributed by atoms with Crippen molar-refractivity contribution in [2.24, 2.45) is 0 Å². The number of rotatable bonds is 9. The van der Waals surface area contributed by atoms with Crippen molar-refractivity contribution in [1.29, 1.82) is 0 Å². The van der Waals surface area contributed by atoms with Crippen LogP contribution in [-0.2, 0) is 24.2 Å². The van der Waals surface area contributed by atoms with Crippen LogP contribution in [0.15, 0.2) is 89.8 Å². The second-order valence-corrected chi connectivity index (χ2v) is 7.05. The number of Topliss-reactive ketones (excluding diaryl/α,β-unsaturated/α-hetero) is 1. The molecule has 2 aromatic heterocycles. The van der Waals surface area contributed by atoms with Gasteiger partial charge in [0.15, 0.2) is 5.76 Å². The van der Waals surface area contributed by atoms with E-state index in [9.17, 15) is 4.79 Å². The lowest BCUT2D eigenvalue weighted by atomic mass is 10.0. The van der Waals surface area contributed by atoms with E-state index in [0.717, 1.165) is 34.4 Å². The minimum Gasteiger partial charge on any atom is -0.488 e. The summed E-state index contributed by atoms with van der Waals surface area (Å²) >= 11 is 0. The molecule has 0 aliphatic rings. The molecule has 0 atom stereocenters. The zero-order valence-electron chi connectivity index (χ0n) is 16.5. The molecule has 30 heavy (non-hydrogen) atoms. The van der Waals surface area contributed by atoms with Gasteiger partial charge < -0.3 is 9.26 Å². The van der Waals surface area contributed by atoms with Gasteiger partial charge in [0, 0.05) is 31.3 Å². The number of hydrogen-bond donors (Lipinski definition) is 0. The van der Waals surface area contributed by atoms with E-state index >= 15 is 0 Å². The van der Waals surface area contributed by atoms with Crippen LogP contribution in [0.25, 0.3) is 11.3 Å². The number of para-hydroxylation sites is 1. The second kappa shape index (κ2) is 9.65. The fourth-order valence-corrected chi connectivity index (χ4v) is 3.21. The molecular weight excluding hydrogens is 376 g/mol. The Morgan fingerprint density at radius 2 is 1.70 bits per heavy atom. The highest BCUT2D eigenvalue weighted by Gasteiger charge is 2.10. The molecule has 5 nitrogen and oxygen atoms in total. The van der Waals surface area contributed by atoms with Gasteiger partial charge in [-0.2, -0.15) is 0 Å². The monoisotopic (exact) mass is 398 g/mol. The fraction of sp³-hybridized carbons (Fsp3) is 0.160. The first-order chi connectivity index (χ1) is 14.8. The Morgan fingerprint density at radius 1 is 0.867 bits per heavy atom. The third-order valence-corrected chi connectivity index (χ3v) is 4.82. The molecule has 0 aliphatic carbocycles. The third-order valence-electron chi connectivity index (χ3n) is 4.82. The summed E-state index contributed by atoms with van der Waals surface area (Å²) in [5.74, 6) is 1.64. The lowest BCUT2D eigenvalue weighted by Crippen LogP contribution is -2.05. The Kier molecular flexibility index (Phi) is 6.30. The molecule has 0 saturated carbocycles. The zero-order chi connectivity index (χ0) is 20.6. The topological polar surface area (TPSA) is 65.2 Å². The first-order valence-corrected chi connectivity index (χ1v) is 9.89. The van der Waals surface area contributed by atoms with Gasteiger partial charge in [-0.25, -0.2) is 0 Å². The van der Waals surface area contributed by atoms with Crippen LogP contribution in [0.3, 0.4) is 0 Å². The van der Waals surface area contributed by atoms with Crippen molar-refractivity contribution in [3.8, 4) is 17.1 Å². The first-order valence-electron chi connectivity index (χ1n) is 9.89. The summed E-state index contributed by atoms with van der Waals surface area (Å²) in [5.41, 5.74) is 4.00. The SMILES string of the molecule is O=C(CCc1cccnc1)Cc1ccc(COc2ccccc2-c2ccno2)cc1. The number of benzene rings is 2. The van der Waals surface area contributed by atoms with E-state index in [1.807, 2.05) is 72.9 Å². The number of carbonyl (C=O) groups is 1. The number of hydrogen-bond acceptors (Lipinski definition) is 5. The maximum atomic E-state index is 12.3. The number of ketones is 1. The lowest BCUT2D eigenvalue weighted by molar-refractivity contribution is -0.118. The van der Waals surface area contributed by atoms with Crippen molar-refractivity contribution in [2.45, 2.75) is 25.9 Å². The van der Waals surface area contributed by atoms with Gasteiger partial charge in [0.2, 0.25) is 0 Å². The van der Waals surface area contributed by atoms with Crippen molar-refractivity contribution in [2.75, 3.05) is 0 Å². The smallest absolute Gasteiger partial charge is 0.170 e. The predicted molar refractivity (Wildman–Crippen MR) is 114 cm³/mol. The van der Waals surface area contributed by atoms with E-state index in [1.165, 1.54) is 0 Å². The van der Waals surface area contributed by atoms with Crippen LogP contribution in [0.5, 0.6) is 5.75 Å². The molecule has 0 saturated heterocycles. The molecule has 2 aromatic carbocycles. The molecule has 0 radical (unpaired) electrons. The highest BCUT2D eigenvalue weighted by molar-refractivity contribution is 5.81. The van der Waals surface area contributed by atoms with Gasteiger partial charge in [0.05, 0.1) is 11.8 Å². The summed E-state index contributed by atoms with van der Waals surface area (Å²) in [6.07, 6.45) is 6.85. The van der Waals surface area contributed by atoms with Crippen molar-refractivity contribution < 1.29 is 14.1 Å². The molecule has 2 heterocycles. The maximum absolute atomic E-state index is 12.3. The molecule has 0 amide bonds. The predicted octanol–water partition coefficient (Wildman–Crippen LogP) is 5.06. The van der Waals surface area contributed by atoms with Crippen LogP contribution < -0.4 is 4.74 Å². The maximum Gasteiger partial charge on any atom is 0.170 e. The highest BCUT2D eigenvalue weighted by Crippen LogP contribution is 2.30. The van der Waals surface area contributed by atoms with Gasteiger partial charge in [-0.1, -0.05) is 47.6 Å². The number of aryl methyl sites for hydroxylation is 1. The van der Waals surface area contributed by atoms with E-state index in [2.05, 4.69) is 10.1 Å². The highest BCUT2D eigenvalue weighted by atomic mass is 16.5. The van der Waals surface area contributed by atoms with E-state index in [-0.39, 0.29) is 5.78 Å². The minimum absolute atomic E-state index is 0.226. The van der Waals surface area contributed by atoms with Crippen molar-refractivity contribution >= 4 is 5.78 Å². The Labute approximate surface area is 175 Å². The van der Waals surface area contributed by atoms with Gasteiger partial charge in [0.25, 0.3) is 0 Å². The van der Waals surface area contributed by atoms with Gasteiger partial charge in [-0.05, 0) is 41.3 Å². The second-order valence-electron chi connectivity index (χ2n) is 7.05. The van der Waals surface area contributed by atoms with Crippen LogP contribution in [0.4, 0.5) is 0 Å². The largest absolute Gasteiger partial charge is 0.488 e. The molecule has 0 N–H and O–H groups in total. The molecule has 150 valence electrons. The molecule has 0 fully saturated rings. The zero-order valence-corrected chi connectivity index (χ0v) is 16.5. The van der Waals surface area contributed by atoms with Crippen molar-refractivity contribution in [3.05, 3.63) is 102 Å². The third kappa shape index (κ3) is 5.20. The molecule has 0 unspecified atom stereocenters. The molecule has 0 bridgehead atoms. The average molecular weight is 398 g/mol. The van der Waals surface area contributed by atoms with E-state index in [1.54, 1.807) is 12.4 Å². The van der Waals surface area contributed by atoms with E-state index < -0.39 is 0 Å². The molecule has 5 heteroatoms. The van der Waals surface area contributed by atoms with Crippen LogP contribution in [-0.4, -0.2) is 15.9 Å². The Bertz CT molecular complexity index is 1080. The number of ether oxygens (including phenoxy) is 1. The molecule has 0 spiro atoms. The number of nitrogens with zero attached hydrogens (tertiary/aromatic N) is 2. The average Bonchev–Trinajstić information content (AvgIpc) is 3.33. The van der Waals surface area contributed by atoms with Gasteiger partial charge in [0.1, 0.15) is 18.1 Å². The lowest BCUT2D eigenvalue weighted by Gasteiger charge is -2.10. The quantitative estimate of drug-likeness (QED) is 0.394. The summed E-state index contributed by atoms with van der Waals surface area (Å²) in [6, 6.07) is 21.4.